The van der Waals surface area contributed by atoms with E-state index in [4.69, 9.17) is 16.3 Å². The van der Waals surface area contributed by atoms with E-state index < -0.39 is 29.6 Å². The minimum atomic E-state index is -1.15. The number of halogens is 1. The van der Waals surface area contributed by atoms with Gasteiger partial charge in [-0.25, -0.2) is 9.59 Å². The Morgan fingerprint density at radius 1 is 1.29 bits per heavy atom. The van der Waals surface area contributed by atoms with Crippen LogP contribution in [0.2, 0.25) is 5.02 Å². The van der Waals surface area contributed by atoms with E-state index in [2.05, 4.69) is 5.32 Å². The molecule has 0 aliphatic carbocycles. The summed E-state index contributed by atoms with van der Waals surface area (Å²) in [5.41, 5.74) is -0.0385. The van der Waals surface area contributed by atoms with Gasteiger partial charge in [-0.2, -0.15) is 0 Å². The van der Waals surface area contributed by atoms with Crippen molar-refractivity contribution in [3.8, 4) is 0 Å². The van der Waals surface area contributed by atoms with Crippen molar-refractivity contribution < 1.29 is 19.4 Å². The summed E-state index contributed by atoms with van der Waals surface area (Å²) in [5, 5.41) is 12.2. The lowest BCUT2D eigenvalue weighted by Crippen LogP contribution is -2.46. The summed E-state index contributed by atoms with van der Waals surface area (Å²) in [4.78, 5) is 23.2. The first-order chi connectivity index (χ1) is 9.61. The molecule has 6 heteroatoms. The molecule has 1 aromatic carbocycles. The van der Waals surface area contributed by atoms with Gasteiger partial charge in [-0.1, -0.05) is 36.7 Å². The molecule has 2 atom stereocenters. The van der Waals surface area contributed by atoms with Gasteiger partial charge in [0, 0.05) is 10.9 Å². The first-order valence-electron chi connectivity index (χ1n) is 6.58. The van der Waals surface area contributed by atoms with E-state index in [1.54, 1.807) is 52.0 Å². The van der Waals surface area contributed by atoms with Gasteiger partial charge < -0.3 is 15.2 Å². The maximum Gasteiger partial charge on any atom is 0.408 e. The van der Waals surface area contributed by atoms with E-state index in [0.29, 0.717) is 10.6 Å². The van der Waals surface area contributed by atoms with Crippen molar-refractivity contribution in [3.63, 3.8) is 0 Å². The topological polar surface area (TPSA) is 75.6 Å². The van der Waals surface area contributed by atoms with Crippen molar-refractivity contribution in [2.75, 3.05) is 0 Å². The van der Waals surface area contributed by atoms with Crippen LogP contribution in [0.3, 0.4) is 0 Å². The zero-order chi connectivity index (χ0) is 16.2. The zero-order valence-electron chi connectivity index (χ0n) is 12.5. The molecule has 0 saturated carbocycles. The first kappa shape index (κ1) is 17.3. The standard InChI is InChI=1S/C15H20ClNO4/c1-9(10-7-5-6-8-11(10)16)12(13(18)19)17-14(20)21-15(2,3)4/h5-9,12H,1-4H3,(H,17,20)(H,18,19)/t9-,12+/m1/s1. The highest BCUT2D eigenvalue weighted by Crippen LogP contribution is 2.27. The lowest BCUT2D eigenvalue weighted by Gasteiger charge is -2.25. The van der Waals surface area contributed by atoms with Gasteiger partial charge in [0.2, 0.25) is 0 Å². The molecule has 116 valence electrons. The maximum absolute atomic E-state index is 11.8. The Bertz CT molecular complexity index is 525. The Balaban J connectivity index is 2.90. The average molecular weight is 314 g/mol. The van der Waals surface area contributed by atoms with Gasteiger partial charge in [0.25, 0.3) is 0 Å². The van der Waals surface area contributed by atoms with Crippen LogP contribution < -0.4 is 5.32 Å². The summed E-state index contributed by atoms with van der Waals surface area (Å²) in [6.45, 7) is 6.82. The molecule has 0 radical (unpaired) electrons. The van der Waals surface area contributed by atoms with E-state index in [0.717, 1.165) is 0 Å². The lowest BCUT2D eigenvalue weighted by molar-refractivity contribution is -0.140. The monoisotopic (exact) mass is 313 g/mol. The van der Waals surface area contributed by atoms with Gasteiger partial charge in [-0.15, -0.1) is 0 Å². The predicted octanol–water partition coefficient (Wildman–Crippen LogP) is 3.42. The predicted molar refractivity (Wildman–Crippen MR) is 80.7 cm³/mol. The van der Waals surface area contributed by atoms with Crippen LogP contribution in [0, 0.1) is 0 Å². The Hall–Kier alpha value is -1.75. The van der Waals surface area contributed by atoms with Crippen molar-refractivity contribution >= 4 is 23.7 Å². The molecule has 0 fully saturated rings. The molecule has 0 unspecified atom stereocenters. The quantitative estimate of drug-likeness (QED) is 0.893. The molecule has 1 aromatic rings. The number of hydrogen-bond donors (Lipinski definition) is 2. The molecule has 1 amide bonds. The summed E-state index contributed by atoms with van der Waals surface area (Å²) in [6.07, 6.45) is -0.770. The first-order valence-corrected chi connectivity index (χ1v) is 6.96. The lowest BCUT2D eigenvalue weighted by atomic mass is 9.93. The van der Waals surface area contributed by atoms with Gasteiger partial charge >= 0.3 is 12.1 Å². The van der Waals surface area contributed by atoms with E-state index in [9.17, 15) is 14.7 Å². The summed E-state index contributed by atoms with van der Waals surface area (Å²) >= 11 is 6.07. The van der Waals surface area contributed by atoms with E-state index >= 15 is 0 Å². The number of hydrogen-bond acceptors (Lipinski definition) is 3. The molecule has 0 saturated heterocycles. The van der Waals surface area contributed by atoms with Crippen molar-refractivity contribution in [2.45, 2.75) is 45.3 Å². The van der Waals surface area contributed by atoms with E-state index in [1.807, 2.05) is 0 Å². The van der Waals surface area contributed by atoms with Gasteiger partial charge in [0.05, 0.1) is 0 Å². The number of amides is 1. The van der Waals surface area contributed by atoms with Crippen molar-refractivity contribution in [3.05, 3.63) is 34.9 Å². The van der Waals surface area contributed by atoms with Crippen LogP contribution in [0.1, 0.15) is 39.2 Å². The van der Waals surface area contributed by atoms with Gasteiger partial charge in [-0.3, -0.25) is 0 Å². The highest BCUT2D eigenvalue weighted by Gasteiger charge is 2.30. The third-order valence-corrected chi connectivity index (χ3v) is 3.18. The number of ether oxygens (including phenoxy) is 1. The van der Waals surface area contributed by atoms with Crippen molar-refractivity contribution in [1.29, 1.82) is 0 Å². The molecule has 5 nitrogen and oxygen atoms in total. The number of carbonyl (C=O) groups excluding carboxylic acids is 1. The fourth-order valence-electron chi connectivity index (χ4n) is 1.86. The summed E-state index contributed by atoms with van der Waals surface area (Å²) < 4.78 is 5.09. The number of carbonyl (C=O) groups is 2. The Kier molecular flexibility index (Phi) is 5.61. The molecule has 0 bridgehead atoms. The summed E-state index contributed by atoms with van der Waals surface area (Å²) in [6, 6.07) is 5.82. The molecular formula is C15H20ClNO4. The van der Waals surface area contributed by atoms with Crippen LogP contribution in [-0.4, -0.2) is 28.8 Å². The fourth-order valence-corrected chi connectivity index (χ4v) is 2.17. The smallest absolute Gasteiger partial charge is 0.408 e. The van der Waals surface area contributed by atoms with E-state index in [-0.39, 0.29) is 0 Å². The van der Waals surface area contributed by atoms with Crippen LogP contribution in [-0.2, 0) is 9.53 Å². The van der Waals surface area contributed by atoms with Gasteiger partial charge in [0.1, 0.15) is 11.6 Å². The number of benzene rings is 1. The second-order valence-corrected chi connectivity index (χ2v) is 6.18. The SMILES string of the molecule is C[C@H](c1ccccc1Cl)[C@H](NC(=O)OC(C)(C)C)C(=O)O. The number of carboxylic acids is 1. The van der Waals surface area contributed by atoms with Gasteiger partial charge in [-0.05, 0) is 32.4 Å². The Labute approximate surface area is 129 Å². The highest BCUT2D eigenvalue weighted by atomic mass is 35.5. The van der Waals surface area contributed by atoms with Gasteiger partial charge in [0.15, 0.2) is 0 Å². The van der Waals surface area contributed by atoms with Crippen LogP contribution in [0.5, 0.6) is 0 Å². The summed E-state index contributed by atoms with van der Waals surface area (Å²) in [7, 11) is 0. The number of aliphatic carboxylic acids is 1. The van der Waals surface area contributed by atoms with E-state index in [1.165, 1.54) is 0 Å². The minimum Gasteiger partial charge on any atom is -0.480 e. The maximum atomic E-state index is 11.8. The van der Waals surface area contributed by atoms with Crippen LogP contribution in [0.25, 0.3) is 0 Å². The Morgan fingerprint density at radius 3 is 2.33 bits per heavy atom. The molecule has 0 heterocycles. The average Bonchev–Trinajstić information content (AvgIpc) is 2.33. The molecule has 0 aliphatic rings. The summed E-state index contributed by atoms with van der Waals surface area (Å²) in [5.74, 6) is -1.64. The number of alkyl carbamates (subject to hydrolysis) is 1. The molecule has 0 spiro atoms. The largest absolute Gasteiger partial charge is 0.480 e. The zero-order valence-corrected chi connectivity index (χ0v) is 13.3. The van der Waals surface area contributed by atoms with Crippen molar-refractivity contribution in [2.24, 2.45) is 0 Å². The number of carboxylic acid groups (broad SMARTS) is 1. The van der Waals surface area contributed by atoms with Crippen molar-refractivity contribution in [1.82, 2.24) is 5.32 Å². The molecule has 1 rings (SSSR count). The second-order valence-electron chi connectivity index (χ2n) is 5.77. The minimum absolute atomic E-state index is 0.460. The fraction of sp³-hybridized carbons (Fsp3) is 0.467. The normalized spacial score (nSPS) is 14.1. The molecule has 0 aromatic heterocycles. The number of nitrogens with one attached hydrogen (secondary N) is 1. The number of rotatable bonds is 4. The molecule has 2 N–H and O–H groups in total. The molecule has 0 aliphatic heterocycles. The second kappa shape index (κ2) is 6.80. The molecular weight excluding hydrogens is 294 g/mol. The third-order valence-electron chi connectivity index (χ3n) is 2.83. The third kappa shape index (κ3) is 5.27. The van der Waals surface area contributed by atoms with Crippen LogP contribution in [0.15, 0.2) is 24.3 Å². The highest BCUT2D eigenvalue weighted by molar-refractivity contribution is 6.31. The molecule has 21 heavy (non-hydrogen) atoms. The van der Waals surface area contributed by atoms with Crippen LogP contribution in [0.4, 0.5) is 4.79 Å². The van der Waals surface area contributed by atoms with Crippen LogP contribution >= 0.6 is 11.6 Å². The Morgan fingerprint density at radius 2 is 1.86 bits per heavy atom.